The zero-order valence-electron chi connectivity index (χ0n) is 13.0. The van der Waals surface area contributed by atoms with Gasteiger partial charge in [-0.05, 0) is 35.2 Å². The van der Waals surface area contributed by atoms with E-state index in [-0.39, 0.29) is 6.61 Å². The Balaban J connectivity index is 1.61. The SMILES string of the molecule is OCc1ccc(C#Cc2ccc(OCc3ccccc3)nn2)cc1. The average Bonchev–Trinajstić information content (AvgIpc) is 2.67. The molecule has 0 atom stereocenters. The number of hydrogen-bond acceptors (Lipinski definition) is 4. The maximum atomic E-state index is 9.01. The van der Waals surface area contributed by atoms with Gasteiger partial charge in [0, 0.05) is 11.6 Å². The Morgan fingerprint density at radius 1 is 0.792 bits per heavy atom. The van der Waals surface area contributed by atoms with Gasteiger partial charge in [-0.1, -0.05) is 48.4 Å². The van der Waals surface area contributed by atoms with Gasteiger partial charge in [0.15, 0.2) is 0 Å². The monoisotopic (exact) mass is 316 g/mol. The van der Waals surface area contributed by atoms with Crippen LogP contribution in [0.25, 0.3) is 0 Å². The van der Waals surface area contributed by atoms with E-state index in [1.807, 2.05) is 54.6 Å². The summed E-state index contributed by atoms with van der Waals surface area (Å²) in [6, 6.07) is 20.8. The third kappa shape index (κ3) is 4.42. The Kier molecular flexibility index (Phi) is 5.18. The second kappa shape index (κ2) is 7.91. The Bertz CT molecular complexity index is 833. The summed E-state index contributed by atoms with van der Waals surface area (Å²) >= 11 is 0. The van der Waals surface area contributed by atoms with Gasteiger partial charge >= 0.3 is 0 Å². The van der Waals surface area contributed by atoms with Gasteiger partial charge < -0.3 is 9.84 Å². The van der Waals surface area contributed by atoms with E-state index in [1.54, 1.807) is 12.1 Å². The fourth-order valence-corrected chi connectivity index (χ4v) is 2.02. The van der Waals surface area contributed by atoms with Crippen molar-refractivity contribution in [2.24, 2.45) is 0 Å². The molecule has 0 saturated heterocycles. The fraction of sp³-hybridized carbons (Fsp3) is 0.100. The Morgan fingerprint density at radius 2 is 1.58 bits per heavy atom. The second-order valence-corrected chi connectivity index (χ2v) is 5.14. The molecule has 0 spiro atoms. The molecular weight excluding hydrogens is 300 g/mol. The van der Waals surface area contributed by atoms with E-state index in [0.717, 1.165) is 16.7 Å². The number of hydrogen-bond donors (Lipinski definition) is 1. The summed E-state index contributed by atoms with van der Waals surface area (Å²) in [4.78, 5) is 0. The molecule has 1 aromatic heterocycles. The third-order valence-electron chi connectivity index (χ3n) is 3.34. The first kappa shape index (κ1) is 15.7. The summed E-state index contributed by atoms with van der Waals surface area (Å²) < 4.78 is 5.59. The van der Waals surface area contributed by atoms with Crippen LogP contribution in [0.5, 0.6) is 5.88 Å². The second-order valence-electron chi connectivity index (χ2n) is 5.14. The number of benzene rings is 2. The lowest BCUT2D eigenvalue weighted by Gasteiger charge is -2.04. The van der Waals surface area contributed by atoms with Gasteiger partial charge in [0.2, 0.25) is 5.88 Å². The van der Waals surface area contributed by atoms with Crippen molar-refractivity contribution in [3.8, 4) is 17.7 Å². The molecule has 0 saturated carbocycles. The minimum Gasteiger partial charge on any atom is -0.472 e. The highest BCUT2D eigenvalue weighted by Crippen LogP contribution is 2.08. The standard InChI is InChI=1S/C20H16N2O2/c23-14-17-8-6-16(7-9-17)10-11-19-12-13-20(22-21-19)24-15-18-4-2-1-3-5-18/h1-9,12-13,23H,14-15H2. The minimum absolute atomic E-state index is 0.0314. The van der Waals surface area contributed by atoms with Crippen LogP contribution in [0.3, 0.4) is 0 Å². The van der Waals surface area contributed by atoms with Crippen molar-refractivity contribution in [3.05, 3.63) is 89.1 Å². The Morgan fingerprint density at radius 3 is 2.25 bits per heavy atom. The summed E-state index contributed by atoms with van der Waals surface area (Å²) in [5.74, 6) is 6.44. The molecule has 118 valence electrons. The maximum absolute atomic E-state index is 9.01. The van der Waals surface area contributed by atoms with Crippen LogP contribution in [-0.2, 0) is 13.2 Å². The van der Waals surface area contributed by atoms with Crippen LogP contribution in [0.4, 0.5) is 0 Å². The van der Waals surface area contributed by atoms with Crippen LogP contribution in [-0.4, -0.2) is 15.3 Å². The van der Waals surface area contributed by atoms with Gasteiger partial charge in [0.05, 0.1) is 6.61 Å². The molecule has 24 heavy (non-hydrogen) atoms. The molecule has 3 aromatic rings. The zero-order chi connectivity index (χ0) is 16.6. The van der Waals surface area contributed by atoms with Gasteiger partial charge in [-0.15, -0.1) is 10.2 Å². The van der Waals surface area contributed by atoms with Crippen molar-refractivity contribution in [2.45, 2.75) is 13.2 Å². The lowest BCUT2D eigenvalue weighted by atomic mass is 10.1. The normalized spacial score (nSPS) is 9.88. The number of ether oxygens (including phenoxy) is 1. The number of rotatable bonds is 4. The zero-order valence-corrected chi connectivity index (χ0v) is 13.0. The third-order valence-corrected chi connectivity index (χ3v) is 3.34. The summed E-state index contributed by atoms with van der Waals surface area (Å²) in [5.41, 5.74) is 3.38. The van der Waals surface area contributed by atoms with E-state index in [0.29, 0.717) is 18.2 Å². The van der Waals surface area contributed by atoms with E-state index >= 15 is 0 Å². The molecule has 4 nitrogen and oxygen atoms in total. The van der Waals surface area contributed by atoms with Gasteiger partial charge in [-0.2, -0.15) is 0 Å². The molecule has 0 unspecified atom stereocenters. The van der Waals surface area contributed by atoms with Crippen LogP contribution in [0.15, 0.2) is 66.7 Å². The predicted molar refractivity (Wildman–Crippen MR) is 91.2 cm³/mol. The Labute approximate surface area is 140 Å². The molecule has 0 radical (unpaired) electrons. The van der Waals surface area contributed by atoms with Crippen molar-refractivity contribution in [3.63, 3.8) is 0 Å². The van der Waals surface area contributed by atoms with E-state index < -0.39 is 0 Å². The highest BCUT2D eigenvalue weighted by molar-refractivity contribution is 5.40. The van der Waals surface area contributed by atoms with Gasteiger partial charge in [0.25, 0.3) is 0 Å². The van der Waals surface area contributed by atoms with Crippen LogP contribution in [0.1, 0.15) is 22.4 Å². The molecule has 1 N–H and O–H groups in total. The van der Waals surface area contributed by atoms with Crippen molar-refractivity contribution in [2.75, 3.05) is 0 Å². The van der Waals surface area contributed by atoms with Crippen LogP contribution >= 0.6 is 0 Å². The van der Waals surface area contributed by atoms with Crippen LogP contribution in [0.2, 0.25) is 0 Å². The quantitative estimate of drug-likeness (QED) is 0.752. The first-order valence-corrected chi connectivity index (χ1v) is 7.56. The van der Waals surface area contributed by atoms with E-state index in [1.165, 1.54) is 0 Å². The largest absolute Gasteiger partial charge is 0.472 e. The molecule has 0 amide bonds. The molecule has 0 aliphatic rings. The highest BCUT2D eigenvalue weighted by atomic mass is 16.5. The lowest BCUT2D eigenvalue weighted by Crippen LogP contribution is -1.98. The van der Waals surface area contributed by atoms with Crippen molar-refractivity contribution < 1.29 is 9.84 Å². The molecule has 0 aliphatic carbocycles. The van der Waals surface area contributed by atoms with Crippen LogP contribution in [0, 0.1) is 11.8 Å². The number of aromatic nitrogens is 2. The summed E-state index contributed by atoms with van der Waals surface area (Å²) in [7, 11) is 0. The van der Waals surface area contributed by atoms with E-state index in [9.17, 15) is 0 Å². The molecule has 0 aliphatic heterocycles. The smallest absolute Gasteiger partial charge is 0.233 e. The number of nitrogens with zero attached hydrogens (tertiary/aromatic N) is 2. The van der Waals surface area contributed by atoms with Crippen molar-refractivity contribution >= 4 is 0 Å². The first-order chi connectivity index (χ1) is 11.8. The first-order valence-electron chi connectivity index (χ1n) is 7.56. The Hall–Kier alpha value is -3.16. The summed E-state index contributed by atoms with van der Waals surface area (Å²) in [6.45, 7) is 0.487. The number of aliphatic hydroxyl groups is 1. The van der Waals surface area contributed by atoms with Crippen molar-refractivity contribution in [1.29, 1.82) is 0 Å². The highest BCUT2D eigenvalue weighted by Gasteiger charge is 1.98. The molecular formula is C20H16N2O2. The van der Waals surface area contributed by atoms with Gasteiger partial charge in [-0.25, -0.2) is 0 Å². The molecule has 1 heterocycles. The van der Waals surface area contributed by atoms with E-state index in [4.69, 9.17) is 9.84 Å². The van der Waals surface area contributed by atoms with Crippen LogP contribution < -0.4 is 4.74 Å². The average molecular weight is 316 g/mol. The molecule has 0 fully saturated rings. The minimum atomic E-state index is 0.0314. The number of aliphatic hydroxyl groups excluding tert-OH is 1. The summed E-state index contributed by atoms with van der Waals surface area (Å²) in [5, 5.41) is 17.1. The molecule has 2 aromatic carbocycles. The maximum Gasteiger partial charge on any atom is 0.233 e. The molecule has 0 bridgehead atoms. The summed E-state index contributed by atoms with van der Waals surface area (Å²) in [6.07, 6.45) is 0. The predicted octanol–water partition coefficient (Wildman–Crippen LogP) is 2.95. The van der Waals surface area contributed by atoms with Gasteiger partial charge in [0.1, 0.15) is 12.3 Å². The van der Waals surface area contributed by atoms with Gasteiger partial charge in [-0.3, -0.25) is 0 Å². The topological polar surface area (TPSA) is 55.2 Å². The van der Waals surface area contributed by atoms with Crippen molar-refractivity contribution in [1.82, 2.24) is 10.2 Å². The molecule has 4 heteroatoms. The van der Waals surface area contributed by atoms with E-state index in [2.05, 4.69) is 22.0 Å². The fourth-order valence-electron chi connectivity index (χ4n) is 2.02. The lowest BCUT2D eigenvalue weighted by molar-refractivity contribution is 0.282. The molecule has 3 rings (SSSR count).